The first-order chi connectivity index (χ1) is 23.5. The van der Waals surface area contributed by atoms with Gasteiger partial charge in [-0.2, -0.15) is 4.98 Å². The second kappa shape index (κ2) is 23.4. The second-order valence-corrected chi connectivity index (χ2v) is 10.3. The van der Waals surface area contributed by atoms with Crippen LogP contribution in [0.3, 0.4) is 0 Å². The van der Waals surface area contributed by atoms with Gasteiger partial charge in [-0.25, -0.2) is 9.97 Å². The van der Waals surface area contributed by atoms with E-state index in [1.807, 2.05) is 0 Å². The van der Waals surface area contributed by atoms with Crippen molar-refractivity contribution in [3.05, 3.63) is 35.7 Å². The van der Waals surface area contributed by atoms with E-state index in [1.165, 1.54) is 6.33 Å². The van der Waals surface area contributed by atoms with Crippen molar-refractivity contribution >= 4 is 40.4 Å². The normalized spacial score (nSPS) is 11.3. The molecule has 0 atom stereocenters. The number of nitrogens with zero attached hydrogens (tertiary/aromatic N) is 3. The number of unbranched alkanes of at least 4 members (excludes halogenated alkanes) is 1. The zero-order valence-electron chi connectivity index (χ0n) is 27.4. The van der Waals surface area contributed by atoms with Gasteiger partial charge in [0.05, 0.1) is 90.6 Å². The highest BCUT2D eigenvalue weighted by molar-refractivity contribution is 6.17. The SMILES string of the molecule is N=C(c1ccc2oc(N)nc2c1)c1c(N)ncnc1NCCCCNC(=O)CCOCCOCCOCCOCCOCCOCCN. The summed E-state index contributed by atoms with van der Waals surface area (Å²) in [5.74, 6) is 0.561. The molecule has 0 radical (unpaired) electrons. The van der Waals surface area contributed by atoms with Gasteiger partial charge in [0.2, 0.25) is 5.91 Å². The highest BCUT2D eigenvalue weighted by atomic mass is 16.6. The standard InChI is InChI=1S/C31H49N9O8/c32-6-10-43-12-14-45-16-18-47-20-19-46-17-15-44-13-11-42-9-5-26(41)36-7-1-2-8-37-30-27(29(34)38-22-39-30)28(33)23-3-4-25-24(21-23)40-31(35)48-25/h3-4,21-22,33H,1-2,5-20,32H2,(H2,35,40)(H,36,41)(H3,34,37,38,39). The molecular weight excluding hydrogens is 626 g/mol. The van der Waals surface area contributed by atoms with Gasteiger partial charge in [-0.15, -0.1) is 0 Å². The largest absolute Gasteiger partial charge is 0.424 e. The number of carbonyl (C=O) groups is 1. The molecule has 1 amide bonds. The van der Waals surface area contributed by atoms with Crippen molar-refractivity contribution in [1.29, 1.82) is 5.41 Å². The molecule has 0 fully saturated rings. The number of ether oxygens (including phenoxy) is 6. The first-order valence-electron chi connectivity index (χ1n) is 16.0. The minimum absolute atomic E-state index is 0.0567. The van der Waals surface area contributed by atoms with Crippen molar-refractivity contribution in [1.82, 2.24) is 20.3 Å². The lowest BCUT2D eigenvalue weighted by atomic mass is 10.0. The van der Waals surface area contributed by atoms with E-state index in [1.54, 1.807) is 18.2 Å². The summed E-state index contributed by atoms with van der Waals surface area (Å²) in [7, 11) is 0. The lowest BCUT2D eigenvalue weighted by Gasteiger charge is -2.13. The number of nitrogen functional groups attached to an aromatic ring is 2. The molecule has 0 bridgehead atoms. The number of fused-ring (bicyclic) bond motifs is 1. The maximum atomic E-state index is 12.1. The first-order valence-corrected chi connectivity index (χ1v) is 16.0. The molecule has 9 N–H and O–H groups in total. The lowest BCUT2D eigenvalue weighted by Crippen LogP contribution is -2.26. The van der Waals surface area contributed by atoms with E-state index in [0.29, 0.717) is 127 Å². The van der Waals surface area contributed by atoms with Crippen LogP contribution >= 0.6 is 0 Å². The molecule has 0 aliphatic heterocycles. The molecule has 48 heavy (non-hydrogen) atoms. The number of amides is 1. The predicted octanol–water partition coefficient (Wildman–Crippen LogP) is 0.955. The third-order valence-electron chi connectivity index (χ3n) is 6.63. The monoisotopic (exact) mass is 675 g/mol. The Morgan fingerprint density at radius 3 is 2.00 bits per heavy atom. The number of hydrogen-bond acceptors (Lipinski definition) is 16. The Hall–Kier alpha value is -3.97. The smallest absolute Gasteiger partial charge is 0.292 e. The van der Waals surface area contributed by atoms with E-state index in [2.05, 4.69) is 25.6 Å². The highest BCUT2D eigenvalue weighted by Gasteiger charge is 2.17. The van der Waals surface area contributed by atoms with Gasteiger partial charge in [0.1, 0.15) is 23.5 Å². The zero-order valence-corrected chi connectivity index (χ0v) is 27.4. The Bertz CT molecular complexity index is 1360. The van der Waals surface area contributed by atoms with Crippen LogP contribution in [-0.4, -0.2) is 125 Å². The number of oxazole rings is 1. The molecule has 0 saturated heterocycles. The van der Waals surface area contributed by atoms with Gasteiger partial charge >= 0.3 is 0 Å². The van der Waals surface area contributed by atoms with Crippen molar-refractivity contribution in [3.8, 4) is 0 Å². The first kappa shape index (κ1) is 38.5. The molecule has 17 nitrogen and oxygen atoms in total. The molecule has 0 saturated carbocycles. The minimum atomic E-state index is -0.0762. The van der Waals surface area contributed by atoms with Crippen LogP contribution in [0.5, 0.6) is 0 Å². The Kier molecular flexibility index (Phi) is 18.7. The van der Waals surface area contributed by atoms with Crippen LogP contribution in [0, 0.1) is 5.41 Å². The minimum Gasteiger partial charge on any atom is -0.424 e. The fourth-order valence-corrected chi connectivity index (χ4v) is 4.25. The predicted molar refractivity (Wildman–Crippen MR) is 180 cm³/mol. The van der Waals surface area contributed by atoms with Crippen LogP contribution in [0.15, 0.2) is 28.9 Å². The van der Waals surface area contributed by atoms with E-state index in [-0.39, 0.29) is 29.9 Å². The Balaban J connectivity index is 1.14. The van der Waals surface area contributed by atoms with Crippen molar-refractivity contribution < 1.29 is 37.6 Å². The summed E-state index contributed by atoms with van der Waals surface area (Å²) in [4.78, 5) is 24.6. The zero-order chi connectivity index (χ0) is 34.2. The second-order valence-electron chi connectivity index (χ2n) is 10.3. The van der Waals surface area contributed by atoms with Crippen LogP contribution in [0.1, 0.15) is 30.4 Å². The van der Waals surface area contributed by atoms with Crippen molar-refractivity contribution in [2.24, 2.45) is 5.73 Å². The molecule has 0 aliphatic carbocycles. The van der Waals surface area contributed by atoms with Gasteiger partial charge in [-0.3, -0.25) is 10.2 Å². The van der Waals surface area contributed by atoms with Gasteiger partial charge in [-0.1, -0.05) is 0 Å². The number of nitrogens with one attached hydrogen (secondary N) is 3. The third-order valence-corrected chi connectivity index (χ3v) is 6.63. The quantitative estimate of drug-likeness (QED) is 0.0463. The molecular formula is C31H49N9O8. The van der Waals surface area contributed by atoms with Crippen LogP contribution in [0.4, 0.5) is 17.7 Å². The summed E-state index contributed by atoms with van der Waals surface area (Å²) >= 11 is 0. The fraction of sp³-hybridized carbons (Fsp3) is 0.581. The number of nitrogens with two attached hydrogens (primary N) is 3. The number of anilines is 3. The molecule has 3 rings (SSSR count). The van der Waals surface area contributed by atoms with Crippen molar-refractivity contribution in [3.63, 3.8) is 0 Å². The Morgan fingerprint density at radius 1 is 0.792 bits per heavy atom. The molecule has 266 valence electrons. The molecule has 0 spiro atoms. The molecule has 3 aromatic rings. The maximum absolute atomic E-state index is 12.1. The summed E-state index contributed by atoms with van der Waals surface area (Å²) < 4.78 is 37.7. The Morgan fingerprint density at radius 2 is 1.38 bits per heavy atom. The lowest BCUT2D eigenvalue weighted by molar-refractivity contribution is -0.122. The van der Waals surface area contributed by atoms with Gasteiger partial charge in [-0.05, 0) is 31.0 Å². The Labute approximate surface area is 280 Å². The molecule has 2 aromatic heterocycles. The molecule has 0 aliphatic rings. The van der Waals surface area contributed by atoms with Crippen LogP contribution in [-0.2, 0) is 33.2 Å². The van der Waals surface area contributed by atoms with E-state index in [4.69, 9.17) is 55.4 Å². The van der Waals surface area contributed by atoms with Gasteiger partial charge in [0.25, 0.3) is 6.01 Å². The van der Waals surface area contributed by atoms with Gasteiger partial charge < -0.3 is 60.7 Å². The summed E-state index contributed by atoms with van der Waals surface area (Å²) in [6.07, 6.45) is 3.13. The van der Waals surface area contributed by atoms with E-state index in [9.17, 15) is 4.79 Å². The van der Waals surface area contributed by atoms with Crippen LogP contribution in [0.2, 0.25) is 0 Å². The van der Waals surface area contributed by atoms with Crippen molar-refractivity contribution in [2.45, 2.75) is 19.3 Å². The summed E-state index contributed by atoms with van der Waals surface area (Å²) in [5, 5.41) is 14.9. The number of rotatable bonds is 28. The molecule has 1 aromatic carbocycles. The molecule has 17 heteroatoms. The number of hydrogen-bond donors (Lipinski definition) is 6. The topological polar surface area (TPSA) is 250 Å². The number of benzene rings is 1. The number of aromatic nitrogens is 3. The molecule has 2 heterocycles. The summed E-state index contributed by atoms with van der Waals surface area (Å²) in [6.45, 7) is 7.24. The van der Waals surface area contributed by atoms with E-state index < -0.39 is 0 Å². The number of carbonyl (C=O) groups excluding carboxylic acids is 1. The third kappa shape index (κ3) is 14.8. The van der Waals surface area contributed by atoms with E-state index in [0.717, 1.165) is 12.8 Å². The van der Waals surface area contributed by atoms with Gasteiger partial charge in [0, 0.05) is 31.6 Å². The molecule has 0 unspecified atom stereocenters. The van der Waals surface area contributed by atoms with Gasteiger partial charge in [0.15, 0.2) is 5.58 Å². The average molecular weight is 676 g/mol. The highest BCUT2D eigenvalue weighted by Crippen LogP contribution is 2.24. The van der Waals surface area contributed by atoms with Crippen LogP contribution in [0.25, 0.3) is 11.1 Å². The summed E-state index contributed by atoms with van der Waals surface area (Å²) in [6, 6.07) is 5.19. The van der Waals surface area contributed by atoms with E-state index >= 15 is 0 Å². The average Bonchev–Trinajstić information content (AvgIpc) is 3.46. The maximum Gasteiger partial charge on any atom is 0.292 e. The fourth-order valence-electron chi connectivity index (χ4n) is 4.25. The van der Waals surface area contributed by atoms with Crippen LogP contribution < -0.4 is 27.8 Å². The summed E-state index contributed by atoms with van der Waals surface area (Å²) in [5.41, 5.74) is 19.3. The van der Waals surface area contributed by atoms with Crippen molar-refractivity contribution in [2.75, 3.05) is 116 Å².